The van der Waals surface area contributed by atoms with Crippen molar-refractivity contribution >= 4 is 49.1 Å². The van der Waals surface area contributed by atoms with Gasteiger partial charge in [-0.05, 0) is 52.5 Å². The minimum atomic E-state index is -3.66. The van der Waals surface area contributed by atoms with Gasteiger partial charge in [0.15, 0.2) is 0 Å². The van der Waals surface area contributed by atoms with Gasteiger partial charge in [0.1, 0.15) is 4.90 Å². The Bertz CT molecular complexity index is 733. The van der Waals surface area contributed by atoms with Crippen molar-refractivity contribution in [2.75, 3.05) is 16.7 Å². The van der Waals surface area contributed by atoms with Crippen LogP contribution in [0, 0.1) is 0 Å². The highest BCUT2D eigenvalue weighted by Gasteiger charge is 2.18. The van der Waals surface area contributed by atoms with E-state index < -0.39 is 10.0 Å². The van der Waals surface area contributed by atoms with Crippen molar-refractivity contribution in [2.45, 2.75) is 9.79 Å². The fourth-order valence-corrected chi connectivity index (χ4v) is 4.46. The molecule has 0 amide bonds. The van der Waals surface area contributed by atoms with Gasteiger partial charge in [0.2, 0.25) is 0 Å². The lowest BCUT2D eigenvalue weighted by Crippen LogP contribution is -2.14. The lowest BCUT2D eigenvalue weighted by atomic mass is 10.3. The normalized spacial score (nSPS) is 11.3. The molecule has 0 unspecified atom stereocenters. The zero-order valence-corrected chi connectivity index (χ0v) is 13.8. The third-order valence-corrected chi connectivity index (χ3v) is 5.73. The number of halogens is 1. The fourth-order valence-electron chi connectivity index (χ4n) is 1.66. The minimum Gasteiger partial charge on any atom is -0.399 e. The second-order valence-electron chi connectivity index (χ2n) is 4.00. The molecule has 3 N–H and O–H groups in total. The Morgan fingerprint density at radius 2 is 1.90 bits per heavy atom. The Balaban J connectivity index is 2.41. The molecule has 2 aromatic rings. The summed E-state index contributed by atoms with van der Waals surface area (Å²) in [4.78, 5) is 1.02. The van der Waals surface area contributed by atoms with Gasteiger partial charge in [-0.25, -0.2) is 8.42 Å². The smallest absolute Gasteiger partial charge is 0.263 e. The third kappa shape index (κ3) is 3.28. The van der Waals surface area contributed by atoms with Gasteiger partial charge in [0, 0.05) is 15.1 Å². The molecule has 106 valence electrons. The molecule has 0 radical (unpaired) electrons. The zero-order chi connectivity index (χ0) is 14.8. The van der Waals surface area contributed by atoms with Gasteiger partial charge in [-0.3, -0.25) is 4.72 Å². The molecule has 20 heavy (non-hydrogen) atoms. The Hall–Kier alpha value is -1.18. The van der Waals surface area contributed by atoms with Crippen LogP contribution in [0.15, 0.2) is 56.7 Å². The summed E-state index contributed by atoms with van der Waals surface area (Å²) >= 11 is 4.71. The molecular weight excluding hydrogens is 360 g/mol. The fraction of sp³-hybridized carbons (Fsp3) is 0.0769. The highest BCUT2D eigenvalue weighted by atomic mass is 79.9. The number of sulfonamides is 1. The van der Waals surface area contributed by atoms with E-state index in [4.69, 9.17) is 5.73 Å². The first-order valence-corrected chi connectivity index (χ1v) is 9.15. The van der Waals surface area contributed by atoms with E-state index in [1.165, 1.54) is 17.8 Å². The number of hydrogen-bond donors (Lipinski definition) is 2. The van der Waals surface area contributed by atoms with Crippen molar-refractivity contribution in [3.8, 4) is 0 Å². The lowest BCUT2D eigenvalue weighted by Gasteiger charge is -2.12. The van der Waals surface area contributed by atoms with Gasteiger partial charge < -0.3 is 5.73 Å². The van der Waals surface area contributed by atoms with E-state index in [0.29, 0.717) is 15.8 Å². The van der Waals surface area contributed by atoms with E-state index in [9.17, 15) is 8.42 Å². The molecule has 0 aliphatic rings. The van der Waals surface area contributed by atoms with Crippen molar-refractivity contribution in [3.05, 3.63) is 46.9 Å². The highest BCUT2D eigenvalue weighted by Crippen LogP contribution is 2.30. The molecule has 4 nitrogen and oxygen atoms in total. The standard InChI is InChI=1S/C13H13BrN2O2S2/c1-19-12-5-3-2-4-11(12)16-20(17,18)13-7-6-9(15)8-10(13)14/h2-8,16H,15H2,1H3. The Labute approximate surface area is 130 Å². The van der Waals surface area contributed by atoms with Crippen LogP contribution in [-0.2, 0) is 10.0 Å². The molecule has 0 aliphatic heterocycles. The first kappa shape index (κ1) is 15.2. The molecule has 0 aliphatic carbocycles. The number of benzene rings is 2. The highest BCUT2D eigenvalue weighted by molar-refractivity contribution is 9.10. The summed E-state index contributed by atoms with van der Waals surface area (Å²) in [5, 5.41) is 0. The Morgan fingerprint density at radius 3 is 2.55 bits per heavy atom. The summed E-state index contributed by atoms with van der Waals surface area (Å²) in [5.74, 6) is 0. The van der Waals surface area contributed by atoms with Gasteiger partial charge in [-0.15, -0.1) is 11.8 Å². The average molecular weight is 373 g/mol. The molecule has 0 heterocycles. The van der Waals surface area contributed by atoms with Gasteiger partial charge >= 0.3 is 0 Å². The molecule has 2 aromatic carbocycles. The maximum absolute atomic E-state index is 12.4. The number of anilines is 2. The van der Waals surface area contributed by atoms with E-state index in [2.05, 4.69) is 20.7 Å². The Kier molecular flexibility index (Phi) is 4.62. The van der Waals surface area contributed by atoms with Crippen LogP contribution in [-0.4, -0.2) is 14.7 Å². The van der Waals surface area contributed by atoms with E-state index in [-0.39, 0.29) is 4.90 Å². The molecule has 0 saturated carbocycles. The SMILES string of the molecule is CSc1ccccc1NS(=O)(=O)c1ccc(N)cc1Br. The number of thioether (sulfide) groups is 1. The predicted octanol–water partition coefficient (Wildman–Crippen LogP) is 3.55. The van der Waals surface area contributed by atoms with Gasteiger partial charge in [-0.1, -0.05) is 12.1 Å². The van der Waals surface area contributed by atoms with Crippen molar-refractivity contribution < 1.29 is 8.42 Å². The number of nitrogens with two attached hydrogens (primary N) is 1. The van der Waals surface area contributed by atoms with Crippen LogP contribution in [0.1, 0.15) is 0 Å². The van der Waals surface area contributed by atoms with E-state index in [1.54, 1.807) is 24.3 Å². The number of para-hydroxylation sites is 1. The van der Waals surface area contributed by atoms with Crippen LogP contribution < -0.4 is 10.5 Å². The van der Waals surface area contributed by atoms with Crippen LogP contribution >= 0.6 is 27.7 Å². The Morgan fingerprint density at radius 1 is 1.20 bits per heavy atom. The van der Waals surface area contributed by atoms with Crippen molar-refractivity contribution in [2.24, 2.45) is 0 Å². The molecule has 0 saturated heterocycles. The quantitative estimate of drug-likeness (QED) is 0.635. The molecule has 0 bridgehead atoms. The summed E-state index contributed by atoms with van der Waals surface area (Å²) in [6.45, 7) is 0. The maximum Gasteiger partial charge on any atom is 0.263 e. The van der Waals surface area contributed by atoms with Crippen LogP contribution in [0.2, 0.25) is 0 Å². The minimum absolute atomic E-state index is 0.155. The van der Waals surface area contributed by atoms with E-state index in [1.807, 2.05) is 18.4 Å². The second-order valence-corrected chi connectivity index (χ2v) is 7.35. The largest absolute Gasteiger partial charge is 0.399 e. The van der Waals surface area contributed by atoms with E-state index >= 15 is 0 Å². The molecule has 2 rings (SSSR count). The van der Waals surface area contributed by atoms with Crippen molar-refractivity contribution in [1.29, 1.82) is 0 Å². The lowest BCUT2D eigenvalue weighted by molar-refractivity contribution is 0.600. The molecule has 7 heteroatoms. The third-order valence-electron chi connectivity index (χ3n) is 2.60. The molecular formula is C13H13BrN2O2S2. The molecule has 0 spiro atoms. The monoisotopic (exact) mass is 372 g/mol. The topological polar surface area (TPSA) is 72.2 Å². The summed E-state index contributed by atoms with van der Waals surface area (Å²) in [6, 6.07) is 11.8. The van der Waals surface area contributed by atoms with E-state index in [0.717, 1.165) is 4.90 Å². The summed E-state index contributed by atoms with van der Waals surface area (Å²) in [6.07, 6.45) is 1.90. The van der Waals surface area contributed by atoms with Crippen LogP contribution in [0.5, 0.6) is 0 Å². The first-order chi connectivity index (χ1) is 9.44. The maximum atomic E-state index is 12.4. The number of hydrogen-bond acceptors (Lipinski definition) is 4. The number of nitrogens with one attached hydrogen (secondary N) is 1. The van der Waals surface area contributed by atoms with Crippen LogP contribution in [0.4, 0.5) is 11.4 Å². The number of rotatable bonds is 4. The van der Waals surface area contributed by atoms with Gasteiger partial charge in [-0.2, -0.15) is 0 Å². The molecule has 0 atom stereocenters. The van der Waals surface area contributed by atoms with Crippen molar-refractivity contribution in [3.63, 3.8) is 0 Å². The zero-order valence-electron chi connectivity index (χ0n) is 10.6. The summed E-state index contributed by atoms with van der Waals surface area (Å²) < 4.78 is 27.9. The van der Waals surface area contributed by atoms with Crippen LogP contribution in [0.25, 0.3) is 0 Å². The van der Waals surface area contributed by atoms with Gasteiger partial charge in [0.05, 0.1) is 5.69 Å². The number of nitrogen functional groups attached to an aromatic ring is 1. The van der Waals surface area contributed by atoms with Gasteiger partial charge in [0.25, 0.3) is 10.0 Å². The average Bonchev–Trinajstić information content (AvgIpc) is 2.38. The predicted molar refractivity (Wildman–Crippen MR) is 87.6 cm³/mol. The van der Waals surface area contributed by atoms with Crippen LogP contribution in [0.3, 0.4) is 0 Å². The molecule has 0 fully saturated rings. The first-order valence-electron chi connectivity index (χ1n) is 5.65. The second kappa shape index (κ2) is 6.07. The van der Waals surface area contributed by atoms with Crippen molar-refractivity contribution in [1.82, 2.24) is 0 Å². The molecule has 0 aromatic heterocycles. The summed E-state index contributed by atoms with van der Waals surface area (Å²) in [7, 11) is -3.66. The summed E-state index contributed by atoms with van der Waals surface area (Å²) in [5.41, 5.74) is 6.68.